The second kappa shape index (κ2) is 5.79. The molecule has 20 heavy (non-hydrogen) atoms. The number of piperidine rings is 1. The van der Waals surface area contributed by atoms with E-state index in [9.17, 15) is 19.1 Å². The van der Waals surface area contributed by atoms with Gasteiger partial charge in [0.1, 0.15) is 11.9 Å². The summed E-state index contributed by atoms with van der Waals surface area (Å²) >= 11 is 5.80. The monoisotopic (exact) mass is 299 g/mol. The van der Waals surface area contributed by atoms with Crippen LogP contribution in [0.5, 0.6) is 0 Å². The smallest absolute Gasteiger partial charge is 0.326 e. The minimum atomic E-state index is -1.04. The van der Waals surface area contributed by atoms with Gasteiger partial charge in [-0.15, -0.1) is 0 Å². The van der Waals surface area contributed by atoms with Gasteiger partial charge in [0.2, 0.25) is 0 Å². The molecule has 1 heterocycles. The van der Waals surface area contributed by atoms with Crippen molar-refractivity contribution in [2.75, 3.05) is 6.54 Å². The van der Waals surface area contributed by atoms with Crippen molar-refractivity contribution in [1.82, 2.24) is 4.90 Å². The van der Waals surface area contributed by atoms with Gasteiger partial charge in [0.05, 0.1) is 10.6 Å². The molecule has 0 radical (unpaired) electrons. The van der Waals surface area contributed by atoms with Gasteiger partial charge < -0.3 is 10.0 Å². The maximum absolute atomic E-state index is 13.4. The Morgan fingerprint density at radius 1 is 1.45 bits per heavy atom. The molecule has 2 atom stereocenters. The molecule has 1 aromatic rings. The van der Waals surface area contributed by atoms with E-state index in [1.807, 2.05) is 0 Å². The van der Waals surface area contributed by atoms with Crippen LogP contribution in [0.3, 0.4) is 0 Å². The summed E-state index contributed by atoms with van der Waals surface area (Å²) in [6.07, 6.45) is 1.47. The first-order valence-corrected chi connectivity index (χ1v) is 6.79. The maximum atomic E-state index is 13.4. The largest absolute Gasteiger partial charge is 0.480 e. The zero-order chi connectivity index (χ0) is 14.9. The van der Waals surface area contributed by atoms with Gasteiger partial charge in [0.25, 0.3) is 5.91 Å². The molecule has 0 spiro atoms. The number of carbonyl (C=O) groups excluding carboxylic acids is 1. The summed E-state index contributed by atoms with van der Waals surface area (Å²) in [6, 6.07) is 3.06. The van der Waals surface area contributed by atoms with Crippen molar-refractivity contribution in [2.45, 2.75) is 25.8 Å². The van der Waals surface area contributed by atoms with E-state index in [1.54, 1.807) is 6.92 Å². The van der Waals surface area contributed by atoms with Crippen molar-refractivity contribution in [3.8, 4) is 0 Å². The number of likely N-dealkylation sites (tertiary alicyclic amines) is 1. The maximum Gasteiger partial charge on any atom is 0.326 e. The van der Waals surface area contributed by atoms with E-state index in [-0.39, 0.29) is 16.5 Å². The van der Waals surface area contributed by atoms with E-state index < -0.39 is 23.7 Å². The number of amides is 1. The van der Waals surface area contributed by atoms with E-state index >= 15 is 0 Å². The summed E-state index contributed by atoms with van der Waals surface area (Å²) < 4.78 is 13.4. The average Bonchev–Trinajstić information content (AvgIpc) is 2.40. The molecule has 1 N–H and O–H groups in total. The third kappa shape index (κ3) is 2.63. The molecule has 108 valence electrons. The van der Waals surface area contributed by atoms with E-state index in [0.29, 0.717) is 6.54 Å². The fourth-order valence-electron chi connectivity index (χ4n) is 2.62. The van der Waals surface area contributed by atoms with Crippen LogP contribution in [0.1, 0.15) is 30.1 Å². The minimum Gasteiger partial charge on any atom is -0.480 e. The Morgan fingerprint density at radius 2 is 2.15 bits per heavy atom. The first kappa shape index (κ1) is 14.8. The van der Waals surface area contributed by atoms with Crippen LogP contribution in [0.4, 0.5) is 4.39 Å². The van der Waals surface area contributed by atoms with Crippen LogP contribution in [0.15, 0.2) is 18.2 Å². The number of rotatable bonds is 2. The van der Waals surface area contributed by atoms with Crippen LogP contribution in [-0.4, -0.2) is 34.5 Å². The number of hydrogen-bond acceptors (Lipinski definition) is 2. The van der Waals surface area contributed by atoms with Crippen molar-refractivity contribution in [2.24, 2.45) is 5.92 Å². The SMILES string of the molecule is CC1CCCN(C(=O)c2cccc(F)c2Cl)C1C(=O)O. The van der Waals surface area contributed by atoms with Crippen LogP contribution < -0.4 is 0 Å². The zero-order valence-electron chi connectivity index (χ0n) is 11.0. The van der Waals surface area contributed by atoms with Gasteiger partial charge in [-0.3, -0.25) is 4.79 Å². The fourth-order valence-corrected chi connectivity index (χ4v) is 2.82. The Bertz CT molecular complexity index is 549. The summed E-state index contributed by atoms with van der Waals surface area (Å²) in [5.74, 6) is -2.40. The molecule has 1 saturated heterocycles. The van der Waals surface area contributed by atoms with Crippen molar-refractivity contribution in [1.29, 1.82) is 0 Å². The standard InChI is InChI=1S/C14H15ClFNO3/c1-8-4-3-7-17(12(8)14(19)20)13(18)9-5-2-6-10(16)11(9)15/h2,5-6,8,12H,3-4,7H2,1H3,(H,19,20). The van der Waals surface area contributed by atoms with Gasteiger partial charge in [-0.25, -0.2) is 9.18 Å². The molecule has 1 fully saturated rings. The first-order chi connectivity index (χ1) is 9.43. The topological polar surface area (TPSA) is 57.6 Å². The number of carboxylic acid groups (broad SMARTS) is 1. The van der Waals surface area contributed by atoms with Crippen molar-refractivity contribution in [3.05, 3.63) is 34.6 Å². The quantitative estimate of drug-likeness (QED) is 0.913. The van der Waals surface area contributed by atoms with Crippen LogP contribution in [0.25, 0.3) is 0 Å². The molecule has 6 heteroatoms. The molecule has 0 aliphatic carbocycles. The van der Waals surface area contributed by atoms with Crippen LogP contribution in [0.2, 0.25) is 5.02 Å². The molecule has 1 aliphatic rings. The van der Waals surface area contributed by atoms with Gasteiger partial charge >= 0.3 is 5.97 Å². The molecule has 0 saturated carbocycles. The Balaban J connectivity index is 2.35. The highest BCUT2D eigenvalue weighted by atomic mass is 35.5. The van der Waals surface area contributed by atoms with Crippen LogP contribution in [0, 0.1) is 11.7 Å². The minimum absolute atomic E-state index is 0.00650. The molecular formula is C14H15ClFNO3. The molecule has 0 aromatic heterocycles. The van der Waals surface area contributed by atoms with Crippen LogP contribution >= 0.6 is 11.6 Å². The van der Waals surface area contributed by atoms with Gasteiger partial charge in [-0.05, 0) is 30.9 Å². The number of halogens is 2. The normalized spacial score (nSPS) is 22.6. The average molecular weight is 300 g/mol. The van der Waals surface area contributed by atoms with Gasteiger partial charge in [-0.1, -0.05) is 24.6 Å². The lowest BCUT2D eigenvalue weighted by atomic mass is 9.90. The van der Waals surface area contributed by atoms with E-state index in [1.165, 1.54) is 17.0 Å². The third-order valence-electron chi connectivity index (χ3n) is 3.63. The molecule has 1 aliphatic heterocycles. The third-order valence-corrected chi connectivity index (χ3v) is 4.01. The Labute approximate surface area is 121 Å². The molecule has 1 aromatic carbocycles. The summed E-state index contributed by atoms with van der Waals surface area (Å²) in [7, 11) is 0. The predicted octanol–water partition coefficient (Wildman–Crippen LogP) is 2.80. The van der Waals surface area contributed by atoms with Crippen molar-refractivity contribution < 1.29 is 19.1 Å². The second-order valence-corrected chi connectivity index (χ2v) is 5.38. The van der Waals surface area contributed by atoms with E-state index in [4.69, 9.17) is 11.6 Å². The molecule has 0 bridgehead atoms. The number of benzene rings is 1. The summed E-state index contributed by atoms with van der Waals surface area (Å²) in [6.45, 7) is 2.14. The highest BCUT2D eigenvalue weighted by molar-refractivity contribution is 6.34. The molecular weight excluding hydrogens is 285 g/mol. The molecule has 1 amide bonds. The van der Waals surface area contributed by atoms with E-state index in [2.05, 4.69) is 0 Å². The van der Waals surface area contributed by atoms with Crippen molar-refractivity contribution >= 4 is 23.5 Å². The highest BCUT2D eigenvalue weighted by Gasteiger charge is 2.38. The van der Waals surface area contributed by atoms with Gasteiger partial charge in [0.15, 0.2) is 0 Å². The van der Waals surface area contributed by atoms with Gasteiger partial charge in [0, 0.05) is 6.54 Å². The summed E-state index contributed by atoms with van der Waals surface area (Å²) in [5.41, 5.74) is 0.00650. The number of carbonyl (C=O) groups is 2. The molecule has 2 unspecified atom stereocenters. The lowest BCUT2D eigenvalue weighted by molar-refractivity contribution is -0.145. The number of hydrogen-bond donors (Lipinski definition) is 1. The summed E-state index contributed by atoms with van der Waals surface area (Å²) in [5, 5.41) is 9.03. The Hall–Kier alpha value is -1.62. The second-order valence-electron chi connectivity index (χ2n) is 5.00. The van der Waals surface area contributed by atoms with E-state index in [0.717, 1.165) is 18.9 Å². The van der Waals surface area contributed by atoms with Crippen LogP contribution in [-0.2, 0) is 4.79 Å². The number of aliphatic carboxylic acids is 1. The zero-order valence-corrected chi connectivity index (χ0v) is 11.7. The predicted molar refractivity (Wildman–Crippen MR) is 72.3 cm³/mol. The summed E-state index contributed by atoms with van der Waals surface area (Å²) in [4.78, 5) is 25.1. The first-order valence-electron chi connectivity index (χ1n) is 6.41. The lowest BCUT2D eigenvalue weighted by Gasteiger charge is -2.37. The lowest BCUT2D eigenvalue weighted by Crippen LogP contribution is -2.52. The molecule has 2 rings (SSSR count). The Morgan fingerprint density at radius 3 is 2.80 bits per heavy atom. The highest BCUT2D eigenvalue weighted by Crippen LogP contribution is 2.28. The number of nitrogens with zero attached hydrogens (tertiary/aromatic N) is 1. The fraction of sp³-hybridized carbons (Fsp3) is 0.429. The molecule has 4 nitrogen and oxygen atoms in total. The Kier molecular flexibility index (Phi) is 4.28. The van der Waals surface area contributed by atoms with Gasteiger partial charge in [-0.2, -0.15) is 0 Å². The number of carboxylic acids is 1. The van der Waals surface area contributed by atoms with Crippen molar-refractivity contribution in [3.63, 3.8) is 0 Å².